The molecule has 0 bridgehead atoms. The molecule has 0 amide bonds. The molecule has 2 N–H and O–H groups in total. The number of morpholine rings is 1. The average Bonchev–Trinajstić information content (AvgIpc) is 2.46. The van der Waals surface area contributed by atoms with Crippen molar-refractivity contribution >= 4 is 17.7 Å². The Morgan fingerprint density at radius 1 is 1.21 bits per heavy atom. The van der Waals surface area contributed by atoms with Gasteiger partial charge in [0, 0.05) is 39.8 Å². The number of guanidine groups is 1. The fourth-order valence-corrected chi connectivity index (χ4v) is 2.45. The second kappa shape index (κ2) is 11.4. The topological polar surface area (TPSA) is 48.9 Å². The van der Waals surface area contributed by atoms with E-state index in [1.165, 1.54) is 18.6 Å². The second-order valence-corrected chi connectivity index (χ2v) is 5.57. The first-order valence-corrected chi connectivity index (χ1v) is 8.49. The number of aliphatic imine (C=N–C) groups is 1. The number of nitrogens with zero attached hydrogens (tertiary/aromatic N) is 2. The van der Waals surface area contributed by atoms with Crippen LogP contribution in [0.25, 0.3) is 0 Å². The molecule has 0 atom stereocenters. The molecule has 0 spiro atoms. The van der Waals surface area contributed by atoms with Crippen LogP contribution in [0.5, 0.6) is 0 Å². The Bertz CT molecular complexity index is 245. The lowest BCUT2D eigenvalue weighted by Crippen LogP contribution is -2.44. The van der Waals surface area contributed by atoms with Gasteiger partial charge in [0.1, 0.15) is 0 Å². The monoisotopic (exact) mass is 288 g/mol. The van der Waals surface area contributed by atoms with Crippen LogP contribution in [0, 0.1) is 0 Å². The molecular formula is C13H28N4OS. The molecule has 112 valence electrons. The second-order valence-electron chi connectivity index (χ2n) is 4.58. The third-order valence-electron chi connectivity index (χ3n) is 3.12. The molecule has 0 saturated carbocycles. The number of rotatable bonds is 8. The van der Waals surface area contributed by atoms with Gasteiger partial charge in [-0.05, 0) is 24.9 Å². The molecule has 0 aromatic rings. The van der Waals surface area contributed by atoms with Crippen molar-refractivity contribution in [3.63, 3.8) is 0 Å². The van der Waals surface area contributed by atoms with Gasteiger partial charge in [-0.3, -0.25) is 9.89 Å². The highest BCUT2D eigenvalue weighted by Gasteiger charge is 2.09. The molecular weight excluding hydrogens is 260 g/mol. The van der Waals surface area contributed by atoms with Gasteiger partial charge in [0.15, 0.2) is 5.96 Å². The fraction of sp³-hybridized carbons (Fsp3) is 0.923. The Labute approximate surface area is 121 Å². The maximum atomic E-state index is 5.33. The highest BCUT2D eigenvalue weighted by Crippen LogP contribution is 1.97. The normalized spacial score (nSPS) is 17.5. The van der Waals surface area contributed by atoms with E-state index >= 15 is 0 Å². The molecule has 0 aliphatic carbocycles. The molecule has 1 aliphatic rings. The van der Waals surface area contributed by atoms with Crippen molar-refractivity contribution in [1.29, 1.82) is 0 Å². The Morgan fingerprint density at radius 2 is 1.95 bits per heavy atom. The summed E-state index contributed by atoms with van der Waals surface area (Å²) in [4.78, 5) is 6.65. The van der Waals surface area contributed by atoms with Crippen molar-refractivity contribution in [2.24, 2.45) is 4.99 Å². The minimum atomic E-state index is 0.864. The van der Waals surface area contributed by atoms with Crippen LogP contribution in [0.2, 0.25) is 0 Å². The van der Waals surface area contributed by atoms with E-state index in [0.29, 0.717) is 0 Å². The zero-order chi connectivity index (χ0) is 13.8. The van der Waals surface area contributed by atoms with Crippen molar-refractivity contribution < 1.29 is 4.74 Å². The number of thioether (sulfide) groups is 1. The van der Waals surface area contributed by atoms with Crippen molar-refractivity contribution in [2.45, 2.75) is 12.8 Å². The minimum Gasteiger partial charge on any atom is -0.379 e. The highest BCUT2D eigenvalue weighted by molar-refractivity contribution is 7.98. The van der Waals surface area contributed by atoms with Gasteiger partial charge >= 0.3 is 0 Å². The summed E-state index contributed by atoms with van der Waals surface area (Å²) in [6.45, 7) is 6.80. The first kappa shape index (κ1) is 16.6. The Hall–Kier alpha value is -0.460. The van der Waals surface area contributed by atoms with E-state index in [1.807, 2.05) is 18.8 Å². The van der Waals surface area contributed by atoms with Crippen LogP contribution >= 0.6 is 11.8 Å². The smallest absolute Gasteiger partial charge is 0.191 e. The van der Waals surface area contributed by atoms with Crippen molar-refractivity contribution in [1.82, 2.24) is 15.5 Å². The van der Waals surface area contributed by atoms with Crippen LogP contribution in [0.3, 0.4) is 0 Å². The van der Waals surface area contributed by atoms with Gasteiger partial charge in [0.2, 0.25) is 0 Å². The van der Waals surface area contributed by atoms with Crippen molar-refractivity contribution in [2.75, 3.05) is 65.0 Å². The van der Waals surface area contributed by atoms with Crippen LogP contribution in [-0.4, -0.2) is 75.9 Å². The molecule has 19 heavy (non-hydrogen) atoms. The molecule has 0 aromatic heterocycles. The first-order valence-electron chi connectivity index (χ1n) is 7.10. The number of hydrogen-bond donors (Lipinski definition) is 2. The van der Waals surface area contributed by atoms with Gasteiger partial charge in [-0.25, -0.2) is 0 Å². The minimum absolute atomic E-state index is 0.864. The summed E-state index contributed by atoms with van der Waals surface area (Å²) in [5.41, 5.74) is 0. The SMILES string of the molecule is CN=C(NCCCCSC)NCCN1CCOCC1. The first-order chi connectivity index (χ1) is 9.36. The summed E-state index contributed by atoms with van der Waals surface area (Å²) in [6, 6.07) is 0. The molecule has 1 rings (SSSR count). The lowest BCUT2D eigenvalue weighted by atomic mass is 10.3. The van der Waals surface area contributed by atoms with E-state index < -0.39 is 0 Å². The van der Waals surface area contributed by atoms with Crippen LogP contribution in [0.15, 0.2) is 4.99 Å². The third-order valence-corrected chi connectivity index (χ3v) is 3.81. The molecule has 1 aliphatic heterocycles. The molecule has 1 saturated heterocycles. The predicted molar refractivity (Wildman–Crippen MR) is 84.2 cm³/mol. The number of ether oxygens (including phenoxy) is 1. The van der Waals surface area contributed by atoms with Crippen LogP contribution in [-0.2, 0) is 4.74 Å². The average molecular weight is 288 g/mol. The van der Waals surface area contributed by atoms with E-state index in [0.717, 1.165) is 51.9 Å². The van der Waals surface area contributed by atoms with Gasteiger partial charge in [-0.2, -0.15) is 11.8 Å². The summed E-state index contributed by atoms with van der Waals surface area (Å²) in [7, 11) is 1.83. The zero-order valence-corrected chi connectivity index (χ0v) is 13.1. The van der Waals surface area contributed by atoms with Gasteiger partial charge in [-0.1, -0.05) is 0 Å². The van der Waals surface area contributed by atoms with Crippen LogP contribution in [0.1, 0.15) is 12.8 Å². The van der Waals surface area contributed by atoms with Gasteiger partial charge in [-0.15, -0.1) is 0 Å². The van der Waals surface area contributed by atoms with Crippen molar-refractivity contribution in [3.05, 3.63) is 0 Å². The molecule has 0 radical (unpaired) electrons. The molecule has 1 fully saturated rings. The largest absolute Gasteiger partial charge is 0.379 e. The number of nitrogens with one attached hydrogen (secondary N) is 2. The Morgan fingerprint density at radius 3 is 2.63 bits per heavy atom. The maximum absolute atomic E-state index is 5.33. The Kier molecular flexibility index (Phi) is 9.93. The summed E-state index contributed by atoms with van der Waals surface area (Å²) in [5.74, 6) is 2.16. The molecule has 0 aromatic carbocycles. The lowest BCUT2D eigenvalue weighted by Gasteiger charge is -2.26. The quantitative estimate of drug-likeness (QED) is 0.390. The van der Waals surface area contributed by atoms with Crippen LogP contribution in [0.4, 0.5) is 0 Å². The van der Waals surface area contributed by atoms with E-state index in [9.17, 15) is 0 Å². The predicted octanol–water partition coefficient (Wildman–Crippen LogP) is 0.627. The van der Waals surface area contributed by atoms with Crippen LogP contribution < -0.4 is 10.6 Å². The molecule has 5 nitrogen and oxygen atoms in total. The third kappa shape index (κ3) is 8.34. The van der Waals surface area contributed by atoms with Gasteiger partial charge < -0.3 is 15.4 Å². The van der Waals surface area contributed by atoms with E-state index in [-0.39, 0.29) is 0 Å². The Balaban J connectivity index is 2.01. The summed E-state index contributed by atoms with van der Waals surface area (Å²) >= 11 is 1.91. The summed E-state index contributed by atoms with van der Waals surface area (Å²) in [5, 5.41) is 6.71. The summed E-state index contributed by atoms with van der Waals surface area (Å²) in [6.07, 6.45) is 4.61. The standard InChI is InChI=1S/C13H28N4OS/c1-14-13(15-5-3-4-12-19-2)16-6-7-17-8-10-18-11-9-17/h3-12H2,1-2H3,(H2,14,15,16). The highest BCUT2D eigenvalue weighted by atomic mass is 32.2. The van der Waals surface area contributed by atoms with Crippen molar-refractivity contribution in [3.8, 4) is 0 Å². The molecule has 6 heteroatoms. The number of unbranched alkanes of at least 4 members (excludes halogenated alkanes) is 1. The number of hydrogen-bond acceptors (Lipinski definition) is 4. The molecule has 0 unspecified atom stereocenters. The lowest BCUT2D eigenvalue weighted by molar-refractivity contribution is 0.0389. The van der Waals surface area contributed by atoms with E-state index in [1.54, 1.807) is 0 Å². The zero-order valence-electron chi connectivity index (χ0n) is 12.3. The van der Waals surface area contributed by atoms with Gasteiger partial charge in [0.05, 0.1) is 13.2 Å². The molecule has 1 heterocycles. The van der Waals surface area contributed by atoms with Gasteiger partial charge in [0.25, 0.3) is 0 Å². The fourth-order valence-electron chi connectivity index (χ4n) is 1.96. The maximum Gasteiger partial charge on any atom is 0.191 e. The summed E-state index contributed by atoms with van der Waals surface area (Å²) < 4.78 is 5.33. The van der Waals surface area contributed by atoms with E-state index in [4.69, 9.17) is 4.74 Å². The van der Waals surface area contributed by atoms with E-state index in [2.05, 4.69) is 26.8 Å².